The third-order valence-electron chi connectivity index (χ3n) is 5.72. The second-order valence-corrected chi connectivity index (χ2v) is 8.59. The first kappa shape index (κ1) is 27.2. The van der Waals surface area contributed by atoms with Crippen LogP contribution in [0.3, 0.4) is 0 Å². The fraction of sp³-hybridized carbons (Fsp3) is 0.458. The van der Waals surface area contributed by atoms with Crippen LogP contribution in [0.15, 0.2) is 36.7 Å². The van der Waals surface area contributed by atoms with Crippen molar-refractivity contribution in [3.63, 3.8) is 0 Å². The number of aryl methyl sites for hydroxylation is 1. The highest BCUT2D eigenvalue weighted by Gasteiger charge is 2.38. The summed E-state index contributed by atoms with van der Waals surface area (Å²) in [5.74, 6) is -1.84. The highest BCUT2D eigenvalue weighted by molar-refractivity contribution is 6.02. The van der Waals surface area contributed by atoms with Gasteiger partial charge in [0, 0.05) is 44.6 Å². The average Bonchev–Trinajstić information content (AvgIpc) is 3.40. The first-order chi connectivity index (χ1) is 17.0. The smallest absolute Gasteiger partial charge is 0.475 e. The Morgan fingerprint density at radius 2 is 1.89 bits per heavy atom. The van der Waals surface area contributed by atoms with E-state index in [0.29, 0.717) is 18.2 Å². The lowest BCUT2D eigenvalue weighted by Gasteiger charge is -2.26. The number of carboxylic acid groups (broad SMARTS) is 1. The van der Waals surface area contributed by atoms with E-state index in [1.54, 1.807) is 0 Å². The molecular formula is C24H30F3N5O4. The molecule has 1 amide bonds. The molecule has 0 spiro atoms. The number of aliphatic carboxylic acids is 1. The van der Waals surface area contributed by atoms with Crippen molar-refractivity contribution in [3.05, 3.63) is 48.0 Å². The molecular weight excluding hydrogens is 479 g/mol. The van der Waals surface area contributed by atoms with Gasteiger partial charge in [0.1, 0.15) is 11.5 Å². The minimum atomic E-state index is -5.08. The second-order valence-electron chi connectivity index (χ2n) is 8.59. The molecule has 0 radical (unpaired) electrons. The molecule has 1 aliphatic heterocycles. The van der Waals surface area contributed by atoms with Crippen LogP contribution in [0.5, 0.6) is 0 Å². The van der Waals surface area contributed by atoms with Crippen LogP contribution in [0.25, 0.3) is 16.9 Å². The summed E-state index contributed by atoms with van der Waals surface area (Å²) in [4.78, 5) is 28.9. The molecule has 0 bridgehead atoms. The third-order valence-corrected chi connectivity index (χ3v) is 5.72. The van der Waals surface area contributed by atoms with Crippen LogP contribution in [0, 0.1) is 6.92 Å². The molecule has 0 aromatic carbocycles. The van der Waals surface area contributed by atoms with E-state index >= 15 is 0 Å². The van der Waals surface area contributed by atoms with Gasteiger partial charge >= 0.3 is 12.1 Å². The van der Waals surface area contributed by atoms with Gasteiger partial charge in [-0.3, -0.25) is 9.69 Å². The van der Waals surface area contributed by atoms with Gasteiger partial charge in [-0.15, -0.1) is 0 Å². The van der Waals surface area contributed by atoms with Crippen molar-refractivity contribution in [1.29, 1.82) is 0 Å². The average molecular weight is 510 g/mol. The highest BCUT2D eigenvalue weighted by atomic mass is 19.4. The van der Waals surface area contributed by atoms with Gasteiger partial charge in [0.15, 0.2) is 0 Å². The van der Waals surface area contributed by atoms with Crippen molar-refractivity contribution in [2.45, 2.75) is 33.0 Å². The molecule has 196 valence electrons. The van der Waals surface area contributed by atoms with Crippen molar-refractivity contribution in [1.82, 2.24) is 24.2 Å². The molecule has 9 nitrogen and oxygen atoms in total. The molecule has 36 heavy (non-hydrogen) atoms. The van der Waals surface area contributed by atoms with Gasteiger partial charge in [0.05, 0.1) is 30.0 Å². The fourth-order valence-corrected chi connectivity index (χ4v) is 3.91. The van der Waals surface area contributed by atoms with Crippen molar-refractivity contribution in [2.24, 2.45) is 0 Å². The van der Waals surface area contributed by atoms with E-state index in [-0.39, 0.29) is 5.91 Å². The predicted molar refractivity (Wildman–Crippen MR) is 127 cm³/mol. The lowest BCUT2D eigenvalue weighted by Crippen LogP contribution is -2.41. The maximum Gasteiger partial charge on any atom is 0.490 e. The van der Waals surface area contributed by atoms with Gasteiger partial charge in [0.2, 0.25) is 0 Å². The normalized spacial score (nSPS) is 14.5. The van der Waals surface area contributed by atoms with Crippen LogP contribution >= 0.6 is 0 Å². The molecule has 0 atom stereocenters. The number of carbonyl (C=O) groups is 2. The number of carboxylic acids is 1. The lowest BCUT2D eigenvalue weighted by molar-refractivity contribution is -0.192. The predicted octanol–water partition coefficient (Wildman–Crippen LogP) is 3.39. The number of aromatic nitrogens is 3. The van der Waals surface area contributed by atoms with Gasteiger partial charge in [-0.25, -0.2) is 9.78 Å². The molecule has 3 aromatic rings. The Morgan fingerprint density at radius 3 is 2.47 bits per heavy atom. The number of rotatable bonds is 6. The van der Waals surface area contributed by atoms with Crippen LogP contribution in [0.1, 0.15) is 36.1 Å². The number of nitrogens with one attached hydrogen (secondary N) is 1. The number of alkyl halides is 3. The summed E-state index contributed by atoms with van der Waals surface area (Å²) >= 11 is 0. The van der Waals surface area contributed by atoms with Crippen LogP contribution in [0.4, 0.5) is 13.2 Å². The standard InChI is InChI=1S/C22H29N5O2.C2HF3O2/c1-16(2)27-15-19(24-17(27)3)21-14-18(20-6-4-5-8-26(20)21)22(28)23-7-9-25-10-12-29-13-11-25;3-2(4,5)1(6)7/h4-6,8,14-16H,7,9-13H2,1-3H3,(H,23,28);(H,6,7). The zero-order valence-corrected chi connectivity index (χ0v) is 20.4. The number of hydrogen-bond donors (Lipinski definition) is 2. The molecule has 4 rings (SSSR count). The first-order valence-corrected chi connectivity index (χ1v) is 11.5. The number of pyridine rings is 1. The Balaban J connectivity index is 0.000000454. The van der Waals surface area contributed by atoms with E-state index in [4.69, 9.17) is 19.6 Å². The number of imidazole rings is 1. The summed E-state index contributed by atoms with van der Waals surface area (Å²) < 4.78 is 41.3. The molecule has 0 saturated carbocycles. The second kappa shape index (κ2) is 11.6. The Labute approximate surface area is 206 Å². The van der Waals surface area contributed by atoms with E-state index in [1.807, 2.05) is 41.8 Å². The minimum absolute atomic E-state index is 0.0479. The van der Waals surface area contributed by atoms with Gasteiger partial charge in [-0.2, -0.15) is 13.2 Å². The van der Waals surface area contributed by atoms with E-state index < -0.39 is 12.1 Å². The summed E-state index contributed by atoms with van der Waals surface area (Å²) in [6.07, 6.45) is -1.03. The first-order valence-electron chi connectivity index (χ1n) is 11.5. The molecule has 1 fully saturated rings. The molecule has 12 heteroatoms. The number of hydrogen-bond acceptors (Lipinski definition) is 5. The highest BCUT2D eigenvalue weighted by Crippen LogP contribution is 2.27. The van der Waals surface area contributed by atoms with Gasteiger partial charge in [-0.1, -0.05) is 6.07 Å². The van der Waals surface area contributed by atoms with E-state index in [2.05, 4.69) is 34.8 Å². The Hall–Kier alpha value is -3.38. The topological polar surface area (TPSA) is 101 Å². The zero-order valence-electron chi connectivity index (χ0n) is 20.4. The summed E-state index contributed by atoms with van der Waals surface area (Å²) in [6.45, 7) is 11.1. The number of amides is 1. The summed E-state index contributed by atoms with van der Waals surface area (Å²) in [6, 6.07) is 8.20. The van der Waals surface area contributed by atoms with Crippen molar-refractivity contribution >= 4 is 17.4 Å². The number of halogens is 3. The molecule has 2 N–H and O–H groups in total. The van der Waals surface area contributed by atoms with Crippen LogP contribution in [0.2, 0.25) is 0 Å². The zero-order chi connectivity index (χ0) is 26.5. The number of fused-ring (bicyclic) bond motifs is 1. The Bertz CT molecular complexity index is 1200. The third kappa shape index (κ3) is 6.64. The van der Waals surface area contributed by atoms with Gasteiger partial charge < -0.3 is 24.1 Å². The summed E-state index contributed by atoms with van der Waals surface area (Å²) in [5.41, 5.74) is 3.38. The van der Waals surface area contributed by atoms with Crippen LogP contribution in [-0.4, -0.2) is 81.4 Å². The maximum absolute atomic E-state index is 12.9. The van der Waals surface area contributed by atoms with E-state index in [1.165, 1.54) is 0 Å². The minimum Gasteiger partial charge on any atom is -0.475 e. The molecule has 1 aliphatic rings. The summed E-state index contributed by atoms with van der Waals surface area (Å²) in [5, 5.41) is 10.2. The molecule has 1 saturated heterocycles. The number of morpholine rings is 1. The Morgan fingerprint density at radius 1 is 1.22 bits per heavy atom. The quantitative estimate of drug-likeness (QED) is 0.529. The van der Waals surface area contributed by atoms with E-state index in [9.17, 15) is 18.0 Å². The molecule has 4 heterocycles. The van der Waals surface area contributed by atoms with Crippen molar-refractivity contribution in [3.8, 4) is 11.4 Å². The molecule has 0 unspecified atom stereocenters. The maximum atomic E-state index is 12.9. The van der Waals surface area contributed by atoms with Crippen LogP contribution < -0.4 is 5.32 Å². The summed E-state index contributed by atoms with van der Waals surface area (Å²) in [7, 11) is 0. The Kier molecular flexibility index (Phi) is 8.75. The van der Waals surface area contributed by atoms with Gasteiger partial charge in [0.25, 0.3) is 5.91 Å². The van der Waals surface area contributed by atoms with Gasteiger partial charge in [-0.05, 0) is 39.0 Å². The SMILES string of the molecule is Cc1nc(-c2cc(C(=O)NCCN3CCOCC3)c3ccccn23)cn1C(C)C.O=C(O)C(F)(F)F. The fourth-order valence-electron chi connectivity index (χ4n) is 3.91. The van der Waals surface area contributed by atoms with E-state index in [0.717, 1.165) is 55.6 Å². The molecule has 3 aromatic heterocycles. The van der Waals surface area contributed by atoms with Crippen molar-refractivity contribution < 1.29 is 32.6 Å². The molecule has 0 aliphatic carbocycles. The number of ether oxygens (including phenoxy) is 1. The number of carbonyl (C=O) groups excluding carboxylic acids is 1. The monoisotopic (exact) mass is 509 g/mol. The lowest BCUT2D eigenvalue weighted by atomic mass is 10.2. The van der Waals surface area contributed by atoms with Crippen LogP contribution in [-0.2, 0) is 9.53 Å². The largest absolute Gasteiger partial charge is 0.490 e. The van der Waals surface area contributed by atoms with Crippen molar-refractivity contribution in [2.75, 3.05) is 39.4 Å². The number of nitrogens with zero attached hydrogens (tertiary/aromatic N) is 4.